The summed E-state index contributed by atoms with van der Waals surface area (Å²) >= 11 is 0. The Hall–Kier alpha value is -0.120. The second-order valence-electron chi connectivity index (χ2n) is 5.17. The van der Waals surface area contributed by atoms with Crippen LogP contribution in [0.4, 0.5) is 0 Å². The van der Waals surface area contributed by atoms with Crippen LogP contribution in [0.5, 0.6) is 0 Å². The second kappa shape index (κ2) is 5.99. The molecule has 0 aromatic carbocycles. The van der Waals surface area contributed by atoms with Crippen LogP contribution in [0.1, 0.15) is 39.0 Å². The molecule has 1 aliphatic carbocycles. The van der Waals surface area contributed by atoms with Gasteiger partial charge in [-0.3, -0.25) is 4.90 Å². The molecule has 94 valence electrons. The maximum Gasteiger partial charge on any atom is 0.0480 e. The van der Waals surface area contributed by atoms with E-state index in [1.807, 2.05) is 0 Å². The van der Waals surface area contributed by atoms with Gasteiger partial charge in [0.1, 0.15) is 0 Å². The number of rotatable bonds is 4. The highest BCUT2D eigenvalue weighted by atomic mass is 16.5. The lowest BCUT2D eigenvalue weighted by molar-refractivity contribution is 0.0252. The molecule has 1 heterocycles. The van der Waals surface area contributed by atoms with Gasteiger partial charge in [-0.15, -0.1) is 0 Å². The van der Waals surface area contributed by atoms with E-state index in [0.717, 1.165) is 37.9 Å². The number of hydrogen-bond acceptors (Lipinski definition) is 3. The molecule has 0 radical (unpaired) electrons. The summed E-state index contributed by atoms with van der Waals surface area (Å²) in [5, 5.41) is 3.64. The molecular formula is C13H26N2O. The van der Waals surface area contributed by atoms with E-state index in [0.29, 0.717) is 0 Å². The summed E-state index contributed by atoms with van der Waals surface area (Å²) in [5.41, 5.74) is 0. The fourth-order valence-corrected chi connectivity index (χ4v) is 3.29. The standard InChI is InChI=1S/C13H26N2O/c1-3-14-12-5-4-6-13(12)15(2)11-7-9-16-10-8-11/h11-14H,3-10H2,1-2H3. The summed E-state index contributed by atoms with van der Waals surface area (Å²) < 4.78 is 5.44. The smallest absolute Gasteiger partial charge is 0.0480 e. The summed E-state index contributed by atoms with van der Waals surface area (Å²) in [5.74, 6) is 0. The van der Waals surface area contributed by atoms with Gasteiger partial charge in [0.2, 0.25) is 0 Å². The lowest BCUT2D eigenvalue weighted by Crippen LogP contribution is -2.50. The molecule has 3 heteroatoms. The van der Waals surface area contributed by atoms with Gasteiger partial charge in [0, 0.05) is 31.3 Å². The van der Waals surface area contributed by atoms with Gasteiger partial charge in [-0.05, 0) is 39.3 Å². The molecular weight excluding hydrogens is 200 g/mol. The van der Waals surface area contributed by atoms with E-state index < -0.39 is 0 Å². The van der Waals surface area contributed by atoms with Crippen LogP contribution in [-0.4, -0.2) is 49.8 Å². The molecule has 2 atom stereocenters. The van der Waals surface area contributed by atoms with Gasteiger partial charge in [0.05, 0.1) is 0 Å². The van der Waals surface area contributed by atoms with E-state index in [2.05, 4.69) is 24.2 Å². The van der Waals surface area contributed by atoms with Crippen molar-refractivity contribution in [2.24, 2.45) is 0 Å². The minimum Gasteiger partial charge on any atom is -0.381 e. The average Bonchev–Trinajstić information content (AvgIpc) is 2.78. The first-order valence-corrected chi connectivity index (χ1v) is 6.86. The zero-order valence-corrected chi connectivity index (χ0v) is 10.7. The van der Waals surface area contributed by atoms with Crippen molar-refractivity contribution in [2.75, 3.05) is 26.8 Å². The SMILES string of the molecule is CCNC1CCCC1N(C)C1CCOCC1. The first-order valence-electron chi connectivity index (χ1n) is 6.86. The highest BCUT2D eigenvalue weighted by molar-refractivity contribution is 4.91. The summed E-state index contributed by atoms with van der Waals surface area (Å²) in [7, 11) is 2.32. The Labute approximate surface area is 99.5 Å². The molecule has 1 N–H and O–H groups in total. The number of nitrogens with zero attached hydrogens (tertiary/aromatic N) is 1. The highest BCUT2D eigenvalue weighted by Crippen LogP contribution is 2.27. The second-order valence-corrected chi connectivity index (χ2v) is 5.17. The normalized spacial score (nSPS) is 32.4. The molecule has 2 fully saturated rings. The maximum absolute atomic E-state index is 5.44. The first-order chi connectivity index (χ1) is 7.83. The average molecular weight is 226 g/mol. The van der Waals surface area contributed by atoms with Crippen molar-refractivity contribution in [3.63, 3.8) is 0 Å². The Balaban J connectivity index is 1.88. The van der Waals surface area contributed by atoms with Crippen LogP contribution in [-0.2, 0) is 4.74 Å². The number of nitrogens with one attached hydrogen (secondary N) is 1. The Bertz CT molecular complexity index is 204. The van der Waals surface area contributed by atoms with Gasteiger partial charge in [-0.2, -0.15) is 0 Å². The van der Waals surface area contributed by atoms with Gasteiger partial charge in [-0.25, -0.2) is 0 Å². The van der Waals surface area contributed by atoms with E-state index in [-0.39, 0.29) is 0 Å². The van der Waals surface area contributed by atoms with E-state index in [9.17, 15) is 0 Å². The van der Waals surface area contributed by atoms with Crippen LogP contribution in [0, 0.1) is 0 Å². The van der Waals surface area contributed by atoms with Crippen molar-refractivity contribution in [1.29, 1.82) is 0 Å². The van der Waals surface area contributed by atoms with E-state index in [1.54, 1.807) is 0 Å². The molecule has 1 saturated heterocycles. The van der Waals surface area contributed by atoms with Crippen LogP contribution in [0.2, 0.25) is 0 Å². The quantitative estimate of drug-likeness (QED) is 0.788. The zero-order chi connectivity index (χ0) is 11.4. The fourth-order valence-electron chi connectivity index (χ4n) is 3.29. The Kier molecular flexibility index (Phi) is 4.62. The maximum atomic E-state index is 5.44. The molecule has 2 aliphatic rings. The third-order valence-corrected chi connectivity index (χ3v) is 4.24. The van der Waals surface area contributed by atoms with Crippen molar-refractivity contribution in [2.45, 2.75) is 57.2 Å². The highest BCUT2D eigenvalue weighted by Gasteiger charge is 2.33. The van der Waals surface area contributed by atoms with Crippen molar-refractivity contribution >= 4 is 0 Å². The van der Waals surface area contributed by atoms with Gasteiger partial charge in [0.15, 0.2) is 0 Å². The largest absolute Gasteiger partial charge is 0.381 e. The molecule has 2 unspecified atom stereocenters. The van der Waals surface area contributed by atoms with E-state index in [1.165, 1.54) is 32.1 Å². The molecule has 1 aliphatic heterocycles. The van der Waals surface area contributed by atoms with Gasteiger partial charge in [0.25, 0.3) is 0 Å². The molecule has 0 amide bonds. The number of ether oxygens (including phenoxy) is 1. The zero-order valence-electron chi connectivity index (χ0n) is 10.7. The lowest BCUT2D eigenvalue weighted by Gasteiger charge is -2.38. The predicted molar refractivity (Wildman–Crippen MR) is 66.7 cm³/mol. The molecule has 1 saturated carbocycles. The van der Waals surface area contributed by atoms with Crippen molar-refractivity contribution < 1.29 is 4.74 Å². The minimum atomic E-state index is 0.720. The first kappa shape index (κ1) is 12.3. The molecule has 3 nitrogen and oxygen atoms in total. The molecule has 16 heavy (non-hydrogen) atoms. The molecule has 0 aromatic rings. The van der Waals surface area contributed by atoms with E-state index in [4.69, 9.17) is 4.74 Å². The molecule has 2 rings (SSSR count). The summed E-state index contributed by atoms with van der Waals surface area (Å²) in [6.45, 7) is 5.22. The Morgan fingerprint density at radius 3 is 2.62 bits per heavy atom. The summed E-state index contributed by atoms with van der Waals surface area (Å²) in [6, 6.07) is 2.22. The topological polar surface area (TPSA) is 24.5 Å². The van der Waals surface area contributed by atoms with Gasteiger partial charge >= 0.3 is 0 Å². The molecule has 0 aromatic heterocycles. The van der Waals surface area contributed by atoms with Crippen LogP contribution >= 0.6 is 0 Å². The monoisotopic (exact) mass is 226 g/mol. The van der Waals surface area contributed by atoms with Crippen LogP contribution in [0.3, 0.4) is 0 Å². The van der Waals surface area contributed by atoms with Crippen molar-refractivity contribution in [3.05, 3.63) is 0 Å². The summed E-state index contributed by atoms with van der Waals surface area (Å²) in [4.78, 5) is 2.63. The van der Waals surface area contributed by atoms with Gasteiger partial charge < -0.3 is 10.1 Å². The Morgan fingerprint density at radius 1 is 1.19 bits per heavy atom. The predicted octanol–water partition coefficient (Wildman–Crippen LogP) is 1.63. The van der Waals surface area contributed by atoms with Crippen LogP contribution in [0.15, 0.2) is 0 Å². The third-order valence-electron chi connectivity index (χ3n) is 4.24. The van der Waals surface area contributed by atoms with Gasteiger partial charge in [-0.1, -0.05) is 13.3 Å². The number of likely N-dealkylation sites (N-methyl/N-ethyl adjacent to an activating group) is 2. The lowest BCUT2D eigenvalue weighted by atomic mass is 10.0. The minimum absolute atomic E-state index is 0.720. The van der Waals surface area contributed by atoms with Crippen LogP contribution < -0.4 is 5.32 Å². The van der Waals surface area contributed by atoms with Crippen LogP contribution in [0.25, 0.3) is 0 Å². The number of hydrogen-bond donors (Lipinski definition) is 1. The summed E-state index contributed by atoms with van der Waals surface area (Å²) in [6.07, 6.45) is 6.53. The van der Waals surface area contributed by atoms with Crippen molar-refractivity contribution in [1.82, 2.24) is 10.2 Å². The Morgan fingerprint density at radius 2 is 1.94 bits per heavy atom. The van der Waals surface area contributed by atoms with E-state index >= 15 is 0 Å². The fraction of sp³-hybridized carbons (Fsp3) is 1.00. The third kappa shape index (κ3) is 2.76. The van der Waals surface area contributed by atoms with Crippen molar-refractivity contribution in [3.8, 4) is 0 Å². The molecule has 0 bridgehead atoms. The molecule has 0 spiro atoms.